The molecule has 0 radical (unpaired) electrons. The van der Waals surface area contributed by atoms with Crippen LogP contribution in [0.15, 0.2) is 0 Å². The zero-order chi connectivity index (χ0) is 12.3. The predicted octanol–water partition coefficient (Wildman–Crippen LogP) is 1.53. The van der Waals surface area contributed by atoms with Crippen LogP contribution in [0, 0.1) is 5.41 Å². The molecule has 1 unspecified atom stereocenters. The molecule has 1 atom stereocenters. The first kappa shape index (κ1) is 13.3. The molecule has 2 aliphatic rings. The van der Waals surface area contributed by atoms with E-state index in [1.54, 1.807) is 0 Å². The van der Waals surface area contributed by atoms with E-state index in [2.05, 4.69) is 23.8 Å². The zero-order valence-corrected chi connectivity index (χ0v) is 11.6. The summed E-state index contributed by atoms with van der Waals surface area (Å²) < 4.78 is 0. The van der Waals surface area contributed by atoms with Gasteiger partial charge in [0.25, 0.3) is 0 Å². The van der Waals surface area contributed by atoms with Crippen LogP contribution in [0.5, 0.6) is 0 Å². The molecule has 0 aromatic carbocycles. The quantitative estimate of drug-likeness (QED) is 0.811. The third-order valence-corrected chi connectivity index (χ3v) is 4.82. The van der Waals surface area contributed by atoms with Gasteiger partial charge >= 0.3 is 0 Å². The minimum absolute atomic E-state index is 0.442. The van der Waals surface area contributed by atoms with Crippen molar-refractivity contribution in [2.45, 2.75) is 45.1 Å². The van der Waals surface area contributed by atoms with Gasteiger partial charge in [-0.1, -0.05) is 12.8 Å². The van der Waals surface area contributed by atoms with E-state index >= 15 is 0 Å². The third-order valence-electron chi connectivity index (χ3n) is 4.82. The van der Waals surface area contributed by atoms with Crippen LogP contribution in [-0.2, 0) is 0 Å². The molecule has 0 bridgehead atoms. The van der Waals surface area contributed by atoms with Gasteiger partial charge in [0.2, 0.25) is 0 Å². The number of rotatable bonds is 3. The minimum atomic E-state index is 0.442. The Bertz CT molecular complexity index is 236. The van der Waals surface area contributed by atoms with Crippen LogP contribution in [0.1, 0.15) is 39.0 Å². The first-order chi connectivity index (χ1) is 8.15. The molecule has 0 spiro atoms. The molecule has 2 fully saturated rings. The van der Waals surface area contributed by atoms with Crippen LogP contribution in [0.3, 0.4) is 0 Å². The topological polar surface area (TPSA) is 32.5 Å². The van der Waals surface area contributed by atoms with Gasteiger partial charge in [-0.25, -0.2) is 0 Å². The van der Waals surface area contributed by atoms with E-state index in [0.717, 1.165) is 6.54 Å². The van der Waals surface area contributed by atoms with Crippen molar-refractivity contribution < 1.29 is 0 Å². The van der Waals surface area contributed by atoms with E-state index in [9.17, 15) is 0 Å². The molecule has 1 aliphatic heterocycles. The van der Waals surface area contributed by atoms with E-state index in [0.29, 0.717) is 11.5 Å². The minimum Gasteiger partial charge on any atom is -0.330 e. The van der Waals surface area contributed by atoms with Crippen molar-refractivity contribution in [2.24, 2.45) is 11.1 Å². The van der Waals surface area contributed by atoms with Gasteiger partial charge in [-0.05, 0) is 58.3 Å². The van der Waals surface area contributed by atoms with Crippen LogP contribution in [0.4, 0.5) is 0 Å². The van der Waals surface area contributed by atoms with E-state index in [1.807, 2.05) is 0 Å². The number of hydrogen-bond donors (Lipinski definition) is 1. The molecule has 3 nitrogen and oxygen atoms in total. The lowest BCUT2D eigenvalue weighted by molar-refractivity contribution is 0.122. The summed E-state index contributed by atoms with van der Waals surface area (Å²) in [5, 5.41) is 0. The molecule has 3 heteroatoms. The molecular weight excluding hydrogens is 210 g/mol. The van der Waals surface area contributed by atoms with Crippen LogP contribution in [0.2, 0.25) is 0 Å². The molecular formula is C14H29N3. The Labute approximate surface area is 106 Å². The summed E-state index contributed by atoms with van der Waals surface area (Å²) in [6.07, 6.45) is 6.78. The van der Waals surface area contributed by atoms with Gasteiger partial charge in [0.1, 0.15) is 0 Å². The van der Waals surface area contributed by atoms with E-state index in [1.165, 1.54) is 58.3 Å². The average molecular weight is 239 g/mol. The predicted molar refractivity (Wildman–Crippen MR) is 73.1 cm³/mol. The highest BCUT2D eigenvalue weighted by Gasteiger charge is 2.35. The van der Waals surface area contributed by atoms with Gasteiger partial charge < -0.3 is 10.6 Å². The summed E-state index contributed by atoms with van der Waals surface area (Å²) in [6.45, 7) is 8.20. The van der Waals surface area contributed by atoms with Crippen LogP contribution >= 0.6 is 0 Å². The SMILES string of the molecule is CC1CN(C)CCCN1CC1(CN)CCCC1. The van der Waals surface area contributed by atoms with Crippen molar-refractivity contribution >= 4 is 0 Å². The second-order valence-corrected chi connectivity index (χ2v) is 6.35. The first-order valence-corrected chi connectivity index (χ1v) is 7.28. The smallest absolute Gasteiger partial charge is 0.0195 e. The van der Waals surface area contributed by atoms with Gasteiger partial charge in [0, 0.05) is 19.1 Å². The van der Waals surface area contributed by atoms with E-state index in [4.69, 9.17) is 5.73 Å². The van der Waals surface area contributed by atoms with E-state index < -0.39 is 0 Å². The Morgan fingerprint density at radius 3 is 2.53 bits per heavy atom. The van der Waals surface area contributed by atoms with Crippen molar-refractivity contribution in [1.29, 1.82) is 0 Å². The normalized spacial score (nSPS) is 31.6. The molecule has 17 heavy (non-hydrogen) atoms. The van der Waals surface area contributed by atoms with Gasteiger partial charge in [-0.3, -0.25) is 4.90 Å². The highest BCUT2D eigenvalue weighted by atomic mass is 15.2. The van der Waals surface area contributed by atoms with Crippen LogP contribution < -0.4 is 5.73 Å². The van der Waals surface area contributed by atoms with Crippen molar-refractivity contribution in [3.63, 3.8) is 0 Å². The standard InChI is InChI=1S/C14H29N3/c1-13-10-16(2)8-5-9-17(13)12-14(11-15)6-3-4-7-14/h13H,3-12,15H2,1-2H3. The molecule has 1 saturated carbocycles. The molecule has 1 aliphatic carbocycles. The number of likely N-dealkylation sites (N-methyl/N-ethyl adjacent to an activating group) is 1. The summed E-state index contributed by atoms with van der Waals surface area (Å²) in [7, 11) is 2.24. The van der Waals surface area contributed by atoms with E-state index in [-0.39, 0.29) is 0 Å². The first-order valence-electron chi connectivity index (χ1n) is 7.28. The maximum atomic E-state index is 6.06. The zero-order valence-electron chi connectivity index (χ0n) is 11.6. The molecule has 0 amide bonds. The van der Waals surface area contributed by atoms with Crippen molar-refractivity contribution in [3.05, 3.63) is 0 Å². The Balaban J connectivity index is 1.96. The average Bonchev–Trinajstić information content (AvgIpc) is 2.70. The number of nitrogens with zero attached hydrogens (tertiary/aromatic N) is 2. The largest absolute Gasteiger partial charge is 0.330 e. The van der Waals surface area contributed by atoms with Crippen LogP contribution in [0.25, 0.3) is 0 Å². The van der Waals surface area contributed by atoms with Crippen molar-refractivity contribution in [1.82, 2.24) is 9.80 Å². The number of nitrogens with two attached hydrogens (primary N) is 1. The number of hydrogen-bond acceptors (Lipinski definition) is 3. The van der Waals surface area contributed by atoms with Crippen molar-refractivity contribution in [3.8, 4) is 0 Å². The molecule has 0 aromatic heterocycles. The van der Waals surface area contributed by atoms with Gasteiger partial charge in [0.15, 0.2) is 0 Å². The van der Waals surface area contributed by atoms with Gasteiger partial charge in [-0.15, -0.1) is 0 Å². The highest BCUT2D eigenvalue weighted by Crippen LogP contribution is 2.38. The third kappa shape index (κ3) is 3.21. The van der Waals surface area contributed by atoms with Gasteiger partial charge in [0.05, 0.1) is 0 Å². The fraction of sp³-hybridized carbons (Fsp3) is 1.00. The fourth-order valence-electron chi connectivity index (χ4n) is 3.64. The Morgan fingerprint density at radius 2 is 1.88 bits per heavy atom. The molecule has 2 rings (SSSR count). The molecule has 1 heterocycles. The summed E-state index contributed by atoms with van der Waals surface area (Å²) in [4.78, 5) is 5.16. The summed E-state index contributed by atoms with van der Waals surface area (Å²) in [5.74, 6) is 0. The highest BCUT2D eigenvalue weighted by molar-refractivity contribution is 4.90. The lowest BCUT2D eigenvalue weighted by Crippen LogP contribution is -2.46. The Kier molecular flexibility index (Phi) is 4.45. The Hall–Kier alpha value is -0.120. The lowest BCUT2D eigenvalue weighted by atomic mass is 9.85. The Morgan fingerprint density at radius 1 is 1.18 bits per heavy atom. The summed E-state index contributed by atoms with van der Waals surface area (Å²) in [6, 6.07) is 0.687. The summed E-state index contributed by atoms with van der Waals surface area (Å²) in [5.41, 5.74) is 6.50. The molecule has 0 aromatic rings. The monoisotopic (exact) mass is 239 g/mol. The maximum absolute atomic E-state index is 6.06. The van der Waals surface area contributed by atoms with Gasteiger partial charge in [-0.2, -0.15) is 0 Å². The van der Waals surface area contributed by atoms with Crippen molar-refractivity contribution in [2.75, 3.05) is 39.8 Å². The molecule has 100 valence electrons. The summed E-state index contributed by atoms with van der Waals surface area (Å²) >= 11 is 0. The second kappa shape index (κ2) is 5.68. The lowest BCUT2D eigenvalue weighted by Gasteiger charge is -2.37. The molecule has 2 N–H and O–H groups in total. The second-order valence-electron chi connectivity index (χ2n) is 6.35. The molecule has 1 saturated heterocycles. The maximum Gasteiger partial charge on any atom is 0.0195 e. The van der Waals surface area contributed by atoms with Crippen LogP contribution in [-0.4, -0.2) is 55.6 Å². The fourth-order valence-corrected chi connectivity index (χ4v) is 3.64.